The lowest BCUT2D eigenvalue weighted by molar-refractivity contribution is -0.117. The van der Waals surface area contributed by atoms with Gasteiger partial charge in [-0.25, -0.2) is 0 Å². The van der Waals surface area contributed by atoms with E-state index in [0.717, 1.165) is 4.90 Å². The van der Waals surface area contributed by atoms with Crippen molar-refractivity contribution in [2.24, 2.45) is 0 Å². The number of carbonyl (C=O) groups is 1. The van der Waals surface area contributed by atoms with Crippen LogP contribution in [0.2, 0.25) is 0 Å². The van der Waals surface area contributed by atoms with Gasteiger partial charge < -0.3 is 9.97 Å². The Morgan fingerprint density at radius 2 is 2.00 bits per heavy atom. The second-order valence-corrected chi connectivity index (χ2v) is 6.52. The van der Waals surface area contributed by atoms with Gasteiger partial charge in [0.05, 0.1) is 0 Å². The number of nitrogens with zero attached hydrogens (tertiary/aromatic N) is 2. The van der Waals surface area contributed by atoms with Crippen LogP contribution in [0, 0.1) is 4.77 Å². The van der Waals surface area contributed by atoms with Crippen molar-refractivity contribution in [3.05, 3.63) is 15.1 Å². The fourth-order valence-electron chi connectivity index (χ4n) is 2.12. The topological polar surface area (TPSA) is 132 Å². The molecule has 0 aliphatic carbocycles. The molecule has 21 heavy (non-hydrogen) atoms. The lowest BCUT2D eigenvalue weighted by Gasteiger charge is -2.13. The number of aromatic amines is 3. The summed E-state index contributed by atoms with van der Waals surface area (Å²) in [5.41, 5.74) is -0.357. The number of imidazole rings is 1. The van der Waals surface area contributed by atoms with Crippen LogP contribution in [-0.2, 0) is 15.0 Å². The molecule has 112 valence electrons. The van der Waals surface area contributed by atoms with Crippen LogP contribution in [0.15, 0.2) is 4.79 Å². The second-order valence-electron chi connectivity index (χ2n) is 4.50. The molecule has 1 fully saturated rings. The Morgan fingerprint density at radius 1 is 1.29 bits per heavy atom. The van der Waals surface area contributed by atoms with Crippen molar-refractivity contribution in [2.75, 3.05) is 11.4 Å². The van der Waals surface area contributed by atoms with Crippen LogP contribution in [0.5, 0.6) is 0 Å². The van der Waals surface area contributed by atoms with E-state index < -0.39 is 39.9 Å². The third-order valence-electron chi connectivity index (χ3n) is 3.12. The van der Waals surface area contributed by atoms with Gasteiger partial charge in [-0.2, -0.15) is 13.4 Å². The lowest BCUT2D eigenvalue weighted by atomic mass is 10.4. The van der Waals surface area contributed by atoms with E-state index in [2.05, 4.69) is 19.9 Å². The van der Waals surface area contributed by atoms with E-state index in [1.165, 1.54) is 0 Å². The smallest absolute Gasteiger partial charge is 0.307 e. The summed E-state index contributed by atoms with van der Waals surface area (Å²) >= 11 is 4.83. The molecular weight excluding hydrogens is 325 g/mol. The maximum atomic E-state index is 13.0. The fraction of sp³-hybridized carbons (Fsp3) is 0.333. The van der Waals surface area contributed by atoms with E-state index in [0.29, 0.717) is 0 Å². The first-order chi connectivity index (χ1) is 9.75. The summed E-state index contributed by atoms with van der Waals surface area (Å²) < 4.78 is 34.9. The molecule has 0 aromatic carbocycles. The Bertz CT molecular complexity index is 958. The van der Waals surface area contributed by atoms with Crippen LogP contribution in [0.25, 0.3) is 11.2 Å². The molecule has 1 unspecified atom stereocenters. The monoisotopic (exact) mass is 333 g/mol. The van der Waals surface area contributed by atoms with Crippen LogP contribution < -0.4 is 10.5 Å². The van der Waals surface area contributed by atoms with Crippen molar-refractivity contribution >= 4 is 45.5 Å². The van der Waals surface area contributed by atoms with E-state index >= 15 is 0 Å². The average molecular weight is 333 g/mol. The van der Waals surface area contributed by atoms with Crippen LogP contribution in [0.4, 0.5) is 9.83 Å². The summed E-state index contributed by atoms with van der Waals surface area (Å²) in [4.78, 5) is 36.0. The molecule has 3 heterocycles. The third-order valence-corrected chi connectivity index (χ3v) is 4.44. The summed E-state index contributed by atoms with van der Waals surface area (Å²) in [6.07, 6.45) is -0.496. The van der Waals surface area contributed by atoms with Gasteiger partial charge >= 0.3 is 10.2 Å². The Hall–Kier alpha value is -2.08. The first-order valence-corrected chi connectivity index (χ1v) is 7.57. The summed E-state index contributed by atoms with van der Waals surface area (Å²) in [5, 5.41) is -1.46. The van der Waals surface area contributed by atoms with Gasteiger partial charge in [-0.05, 0) is 12.2 Å². The lowest BCUT2D eigenvalue weighted by Crippen LogP contribution is -2.30. The van der Waals surface area contributed by atoms with E-state index in [9.17, 15) is 21.9 Å². The van der Waals surface area contributed by atoms with Gasteiger partial charge in [-0.1, -0.05) is 0 Å². The summed E-state index contributed by atoms with van der Waals surface area (Å²) in [7, 11) is -4.84. The zero-order valence-corrected chi connectivity index (χ0v) is 11.8. The molecule has 1 saturated heterocycles. The predicted octanol–water partition coefficient (Wildman–Crippen LogP) is -0.287. The molecule has 1 atom stereocenters. The van der Waals surface area contributed by atoms with Crippen LogP contribution in [0.1, 0.15) is 6.42 Å². The first-order valence-electron chi connectivity index (χ1n) is 5.72. The van der Waals surface area contributed by atoms with Gasteiger partial charge in [0, 0.05) is 13.0 Å². The molecule has 9 nitrogen and oxygen atoms in total. The molecule has 0 saturated carbocycles. The molecule has 0 spiro atoms. The Balaban J connectivity index is 2.07. The Labute approximate surface area is 121 Å². The number of H-pyrrole nitrogens is 3. The summed E-state index contributed by atoms with van der Waals surface area (Å²) in [6, 6.07) is 0. The molecule has 2 aromatic heterocycles. The van der Waals surface area contributed by atoms with Crippen LogP contribution in [0.3, 0.4) is 0 Å². The van der Waals surface area contributed by atoms with Crippen molar-refractivity contribution in [1.82, 2.24) is 19.9 Å². The largest absolute Gasteiger partial charge is 0.325 e. The Kier molecular flexibility index (Phi) is 2.95. The maximum Gasteiger partial charge on any atom is 0.307 e. The number of nitrogens with one attached hydrogen (secondary N) is 3. The van der Waals surface area contributed by atoms with E-state index in [1.807, 2.05) is 0 Å². The highest BCUT2D eigenvalue weighted by Crippen LogP contribution is 2.23. The SMILES string of the molecule is O=C1CC(S(=O)(=O)F)CN1c1nc2[nH]c(=S)[nH]c2c(=O)[nH]1. The van der Waals surface area contributed by atoms with Gasteiger partial charge in [-0.15, -0.1) is 3.89 Å². The molecular formula is C9H8FN5O4S2. The van der Waals surface area contributed by atoms with Crippen LogP contribution >= 0.6 is 12.2 Å². The molecule has 3 rings (SSSR count). The number of anilines is 1. The van der Waals surface area contributed by atoms with E-state index in [1.54, 1.807) is 0 Å². The predicted molar refractivity (Wildman–Crippen MR) is 72.7 cm³/mol. The van der Waals surface area contributed by atoms with Gasteiger partial charge in [0.15, 0.2) is 10.4 Å². The molecule has 2 aromatic rings. The molecule has 1 amide bonds. The number of amides is 1. The van der Waals surface area contributed by atoms with Crippen LogP contribution in [-0.4, -0.2) is 46.1 Å². The van der Waals surface area contributed by atoms with Gasteiger partial charge in [-0.3, -0.25) is 19.5 Å². The highest BCUT2D eigenvalue weighted by Gasteiger charge is 2.40. The number of halogens is 1. The molecule has 0 radical (unpaired) electrons. The average Bonchev–Trinajstić information content (AvgIpc) is 2.91. The molecule has 1 aliphatic heterocycles. The van der Waals surface area contributed by atoms with E-state index in [4.69, 9.17) is 12.2 Å². The molecule has 0 bridgehead atoms. The van der Waals surface area contributed by atoms with Gasteiger partial charge in [0.1, 0.15) is 10.8 Å². The standard InChI is InChI=1S/C9H8FN5O4S2/c10-21(18,19)3-1-4(16)15(2-3)8-12-6-5(7(17)14-8)11-9(20)13-6/h3H,1-2H2,(H3,11,12,13,14,17,20). The van der Waals surface area contributed by atoms with Crippen molar-refractivity contribution in [1.29, 1.82) is 0 Å². The van der Waals surface area contributed by atoms with Crippen molar-refractivity contribution in [2.45, 2.75) is 11.7 Å². The number of carbonyl (C=O) groups excluding carboxylic acids is 1. The minimum absolute atomic E-state index is 0.102. The van der Waals surface area contributed by atoms with Crippen molar-refractivity contribution in [3.8, 4) is 0 Å². The van der Waals surface area contributed by atoms with Crippen molar-refractivity contribution < 1.29 is 17.1 Å². The summed E-state index contributed by atoms with van der Waals surface area (Å²) in [6.45, 7) is -0.405. The van der Waals surface area contributed by atoms with Gasteiger partial charge in [0.25, 0.3) is 5.56 Å². The van der Waals surface area contributed by atoms with Crippen molar-refractivity contribution in [3.63, 3.8) is 0 Å². The zero-order valence-electron chi connectivity index (χ0n) is 10.2. The normalized spacial score (nSPS) is 19.6. The first kappa shape index (κ1) is 13.9. The molecule has 12 heteroatoms. The summed E-state index contributed by atoms with van der Waals surface area (Å²) in [5.74, 6) is -0.799. The molecule has 3 N–H and O–H groups in total. The second kappa shape index (κ2) is 4.46. The minimum atomic E-state index is -4.84. The minimum Gasteiger partial charge on any atom is -0.325 e. The Morgan fingerprint density at radius 3 is 2.62 bits per heavy atom. The number of hydrogen-bond acceptors (Lipinski definition) is 6. The fourth-order valence-corrected chi connectivity index (χ4v) is 2.98. The maximum absolute atomic E-state index is 13.0. The highest BCUT2D eigenvalue weighted by atomic mass is 32.3. The molecule has 1 aliphatic rings. The highest BCUT2D eigenvalue weighted by molar-refractivity contribution is 7.87. The third kappa shape index (κ3) is 2.35. The zero-order chi connectivity index (χ0) is 15.4. The van der Waals surface area contributed by atoms with E-state index in [-0.39, 0.29) is 21.9 Å². The quantitative estimate of drug-likeness (QED) is 0.511. The number of fused-ring (bicyclic) bond motifs is 1. The number of rotatable bonds is 2. The number of aromatic nitrogens is 4. The van der Waals surface area contributed by atoms with Gasteiger partial charge in [0.2, 0.25) is 11.9 Å². The number of hydrogen-bond donors (Lipinski definition) is 3.